The van der Waals surface area contributed by atoms with Gasteiger partial charge in [0.25, 0.3) is 0 Å². The third-order valence-electron chi connectivity index (χ3n) is 5.60. The van der Waals surface area contributed by atoms with Gasteiger partial charge < -0.3 is 16.5 Å². The Kier molecular flexibility index (Phi) is 3.88. The van der Waals surface area contributed by atoms with Crippen molar-refractivity contribution in [1.82, 2.24) is 4.98 Å². The van der Waals surface area contributed by atoms with E-state index in [1.807, 2.05) is 13.8 Å². The van der Waals surface area contributed by atoms with Gasteiger partial charge in [0.15, 0.2) is 5.78 Å². The lowest BCUT2D eigenvalue weighted by Gasteiger charge is -2.32. The number of hydrogen-bond acceptors (Lipinski definition) is 4. The summed E-state index contributed by atoms with van der Waals surface area (Å²) >= 11 is 0. The minimum atomic E-state index is -0.546. The molecule has 140 valence electrons. The molecule has 0 unspecified atom stereocenters. The highest BCUT2D eigenvalue weighted by molar-refractivity contribution is 6.21. The fourth-order valence-corrected chi connectivity index (χ4v) is 4.21. The van der Waals surface area contributed by atoms with Gasteiger partial charge in [-0.2, -0.15) is 5.26 Å². The highest BCUT2D eigenvalue weighted by atomic mass is 16.1. The second-order valence-electron chi connectivity index (χ2n) is 7.66. The van der Waals surface area contributed by atoms with Crippen molar-refractivity contribution in [2.75, 3.05) is 6.54 Å². The lowest BCUT2D eigenvalue weighted by Crippen LogP contribution is -2.31. The van der Waals surface area contributed by atoms with Crippen LogP contribution in [0.3, 0.4) is 0 Å². The maximum atomic E-state index is 13.4. The van der Waals surface area contributed by atoms with E-state index in [0.29, 0.717) is 35.2 Å². The first kappa shape index (κ1) is 18.0. The summed E-state index contributed by atoms with van der Waals surface area (Å²) in [5.41, 5.74) is 15.9. The number of nitrogens with one attached hydrogen (secondary N) is 1. The third kappa shape index (κ3) is 2.37. The minimum absolute atomic E-state index is 0.102. The Hall–Kier alpha value is -3.43. The van der Waals surface area contributed by atoms with E-state index in [1.54, 1.807) is 30.3 Å². The number of hydrogen-bond donors (Lipinski definition) is 3. The van der Waals surface area contributed by atoms with E-state index >= 15 is 0 Å². The molecule has 0 saturated carbocycles. The molecular formula is C22H20N4O2. The molecule has 1 aliphatic carbocycles. The summed E-state index contributed by atoms with van der Waals surface area (Å²) in [5, 5.41) is 10.2. The molecule has 0 aliphatic heterocycles. The summed E-state index contributed by atoms with van der Waals surface area (Å²) in [7, 11) is 0. The van der Waals surface area contributed by atoms with Gasteiger partial charge in [-0.05, 0) is 54.4 Å². The number of H-pyrrole nitrogens is 1. The zero-order chi connectivity index (χ0) is 20.2. The maximum Gasteiger partial charge on any atom is 0.248 e. The topological polar surface area (TPSA) is 126 Å². The first-order chi connectivity index (χ1) is 13.3. The number of nitrogens with two attached hydrogens (primary N) is 2. The van der Waals surface area contributed by atoms with Crippen LogP contribution in [0.4, 0.5) is 0 Å². The van der Waals surface area contributed by atoms with E-state index in [-0.39, 0.29) is 5.78 Å². The van der Waals surface area contributed by atoms with Crippen molar-refractivity contribution >= 4 is 22.6 Å². The van der Waals surface area contributed by atoms with E-state index in [4.69, 9.17) is 11.5 Å². The average molecular weight is 372 g/mol. The van der Waals surface area contributed by atoms with Crippen LogP contribution in [0, 0.1) is 11.3 Å². The molecule has 0 saturated heterocycles. The summed E-state index contributed by atoms with van der Waals surface area (Å²) in [6, 6.07) is 10.7. The van der Waals surface area contributed by atoms with Crippen LogP contribution < -0.4 is 11.5 Å². The first-order valence-corrected chi connectivity index (χ1v) is 9.08. The standard InChI is InChI=1S/C22H20N4O2/c1-22(2)15-9-13(21(25)28)3-4-14(15)19(27)18-17-12(5-6-23)7-11(10-24)8-16(17)26-20(18)22/h3-4,7-9,26H,5-6,23H2,1-2H3,(H2,25,28). The molecular weight excluding hydrogens is 352 g/mol. The highest BCUT2D eigenvalue weighted by Gasteiger charge is 2.40. The number of carbonyl (C=O) groups excluding carboxylic acids is 2. The van der Waals surface area contributed by atoms with Crippen LogP contribution in [-0.4, -0.2) is 23.2 Å². The number of aromatic nitrogens is 1. The summed E-state index contributed by atoms with van der Waals surface area (Å²) in [4.78, 5) is 28.4. The third-order valence-corrected chi connectivity index (χ3v) is 5.60. The molecule has 1 aliphatic rings. The molecule has 5 N–H and O–H groups in total. The van der Waals surface area contributed by atoms with Crippen molar-refractivity contribution in [3.05, 3.63) is 69.4 Å². The molecule has 0 bridgehead atoms. The molecule has 2 aromatic carbocycles. The van der Waals surface area contributed by atoms with Crippen LogP contribution in [0.5, 0.6) is 0 Å². The van der Waals surface area contributed by atoms with E-state index < -0.39 is 11.3 Å². The number of rotatable bonds is 3. The fourth-order valence-electron chi connectivity index (χ4n) is 4.21. The normalized spacial score (nSPS) is 14.4. The zero-order valence-electron chi connectivity index (χ0n) is 15.7. The van der Waals surface area contributed by atoms with E-state index in [2.05, 4.69) is 11.1 Å². The van der Waals surface area contributed by atoms with E-state index in [0.717, 1.165) is 27.7 Å². The Morgan fingerprint density at radius 1 is 1.25 bits per heavy atom. The van der Waals surface area contributed by atoms with Gasteiger partial charge >= 0.3 is 0 Å². The fraction of sp³-hybridized carbons (Fsp3) is 0.227. The second kappa shape index (κ2) is 6.04. The molecule has 6 heteroatoms. The monoisotopic (exact) mass is 372 g/mol. The van der Waals surface area contributed by atoms with Crippen molar-refractivity contribution in [2.45, 2.75) is 25.7 Å². The molecule has 6 nitrogen and oxygen atoms in total. The van der Waals surface area contributed by atoms with Gasteiger partial charge in [-0.3, -0.25) is 9.59 Å². The Balaban J connectivity index is 2.07. The van der Waals surface area contributed by atoms with Crippen molar-refractivity contribution < 1.29 is 9.59 Å². The van der Waals surface area contributed by atoms with Gasteiger partial charge in [0, 0.05) is 33.1 Å². The van der Waals surface area contributed by atoms with Crippen LogP contribution in [0.1, 0.15) is 62.5 Å². The van der Waals surface area contributed by atoms with Crippen LogP contribution in [0.2, 0.25) is 0 Å². The Bertz CT molecular complexity index is 1210. The number of nitrogens with zero attached hydrogens (tertiary/aromatic N) is 1. The van der Waals surface area contributed by atoms with Crippen LogP contribution in [0.25, 0.3) is 10.9 Å². The van der Waals surface area contributed by atoms with Crippen LogP contribution in [-0.2, 0) is 11.8 Å². The maximum absolute atomic E-state index is 13.4. The van der Waals surface area contributed by atoms with Crippen LogP contribution in [0.15, 0.2) is 30.3 Å². The number of amides is 1. The SMILES string of the molecule is CC1(C)c2cc(C(N)=O)ccc2C(=O)c2c1[nH]c1cc(C#N)cc(CCN)c21. The van der Waals surface area contributed by atoms with Crippen molar-refractivity contribution in [3.63, 3.8) is 0 Å². The number of aromatic amines is 1. The van der Waals surface area contributed by atoms with Crippen LogP contribution >= 0.6 is 0 Å². The summed E-state index contributed by atoms with van der Waals surface area (Å²) in [6.45, 7) is 4.43. The Morgan fingerprint density at radius 3 is 2.64 bits per heavy atom. The molecule has 28 heavy (non-hydrogen) atoms. The summed E-state index contributed by atoms with van der Waals surface area (Å²) in [5.74, 6) is -0.632. The molecule has 0 atom stereocenters. The number of ketones is 1. The molecule has 0 spiro atoms. The minimum Gasteiger partial charge on any atom is -0.366 e. The zero-order valence-corrected chi connectivity index (χ0v) is 15.7. The van der Waals surface area contributed by atoms with Gasteiger partial charge in [0.1, 0.15) is 0 Å². The number of benzene rings is 2. The average Bonchev–Trinajstić information content (AvgIpc) is 3.07. The predicted molar refractivity (Wildman–Crippen MR) is 106 cm³/mol. The smallest absolute Gasteiger partial charge is 0.248 e. The van der Waals surface area contributed by atoms with Gasteiger partial charge in [0.05, 0.1) is 17.2 Å². The van der Waals surface area contributed by atoms with Gasteiger partial charge in [-0.1, -0.05) is 13.8 Å². The molecule has 0 fully saturated rings. The van der Waals surface area contributed by atoms with Crippen molar-refractivity contribution in [1.29, 1.82) is 5.26 Å². The predicted octanol–water partition coefficient (Wildman–Crippen LogP) is 2.51. The molecule has 4 rings (SSSR count). The number of nitriles is 1. The first-order valence-electron chi connectivity index (χ1n) is 9.08. The van der Waals surface area contributed by atoms with Gasteiger partial charge in [0.2, 0.25) is 5.91 Å². The van der Waals surface area contributed by atoms with E-state index in [1.165, 1.54) is 0 Å². The number of carbonyl (C=O) groups is 2. The van der Waals surface area contributed by atoms with Crippen molar-refractivity contribution in [2.24, 2.45) is 11.5 Å². The quantitative estimate of drug-likeness (QED) is 0.653. The second-order valence-corrected chi connectivity index (χ2v) is 7.66. The van der Waals surface area contributed by atoms with Gasteiger partial charge in [-0.25, -0.2) is 0 Å². The lowest BCUT2D eigenvalue weighted by molar-refractivity contribution is 0.0995. The lowest BCUT2D eigenvalue weighted by atomic mass is 9.70. The Morgan fingerprint density at radius 2 is 2.00 bits per heavy atom. The molecule has 1 amide bonds. The van der Waals surface area contributed by atoms with E-state index in [9.17, 15) is 14.9 Å². The van der Waals surface area contributed by atoms with Gasteiger partial charge in [-0.15, -0.1) is 0 Å². The summed E-state index contributed by atoms with van der Waals surface area (Å²) in [6.07, 6.45) is 0.567. The summed E-state index contributed by atoms with van der Waals surface area (Å²) < 4.78 is 0. The molecule has 3 aromatic rings. The highest BCUT2D eigenvalue weighted by Crippen LogP contribution is 2.44. The van der Waals surface area contributed by atoms with Crippen molar-refractivity contribution in [3.8, 4) is 6.07 Å². The number of primary amides is 1. The molecule has 1 heterocycles. The largest absolute Gasteiger partial charge is 0.366 e. The Labute approximate surface area is 162 Å². The molecule has 0 radical (unpaired) electrons. The molecule has 1 aromatic heterocycles. The number of fused-ring (bicyclic) bond motifs is 4.